The molecule has 0 aliphatic carbocycles. The summed E-state index contributed by atoms with van der Waals surface area (Å²) in [5.41, 5.74) is 4.65. The Kier molecular flexibility index (Phi) is 15.6. The zero-order valence-corrected chi connectivity index (χ0v) is 24.2. The normalized spacial score (nSPS) is 11.1. The molecule has 2 rings (SSSR count). The number of nitrogens with zero attached hydrogens (tertiary/aromatic N) is 1. The van der Waals surface area contributed by atoms with Crippen LogP contribution in [0, 0.1) is 6.92 Å². The van der Waals surface area contributed by atoms with Gasteiger partial charge in [0.15, 0.2) is 0 Å². The Morgan fingerprint density at radius 1 is 0.865 bits per heavy atom. The van der Waals surface area contributed by atoms with Gasteiger partial charge >= 0.3 is 5.97 Å². The van der Waals surface area contributed by atoms with Gasteiger partial charge in [-0.3, -0.25) is 4.79 Å². The van der Waals surface area contributed by atoms with Gasteiger partial charge in [0.05, 0.1) is 11.8 Å². The van der Waals surface area contributed by atoms with Crippen molar-refractivity contribution < 1.29 is 14.3 Å². The molecule has 0 saturated carbocycles. The van der Waals surface area contributed by atoms with Gasteiger partial charge in [-0.1, -0.05) is 118 Å². The first-order valence-electron chi connectivity index (χ1n) is 13.9. The predicted molar refractivity (Wildman–Crippen MR) is 156 cm³/mol. The molecule has 0 unspecified atom stereocenters. The third-order valence-electron chi connectivity index (χ3n) is 6.33. The lowest BCUT2D eigenvalue weighted by molar-refractivity contribution is -0.121. The average Bonchev–Trinajstić information content (AvgIpc) is 2.88. The second kappa shape index (κ2) is 18.7. The fourth-order valence-electron chi connectivity index (χ4n) is 4.18. The van der Waals surface area contributed by atoms with Gasteiger partial charge < -0.3 is 4.74 Å². The van der Waals surface area contributed by atoms with Crippen LogP contribution in [0.1, 0.15) is 118 Å². The molecule has 0 bridgehead atoms. The van der Waals surface area contributed by atoms with Crippen LogP contribution >= 0.6 is 15.9 Å². The number of carbonyl (C=O) groups is 2. The molecule has 1 N–H and O–H groups in total. The molecule has 0 spiro atoms. The molecular weight excluding hydrogens is 528 g/mol. The molecule has 202 valence electrons. The van der Waals surface area contributed by atoms with Crippen LogP contribution in [0.25, 0.3) is 0 Å². The predicted octanol–water partition coefficient (Wildman–Crippen LogP) is 8.91. The van der Waals surface area contributed by atoms with Crippen LogP contribution in [-0.2, 0) is 4.79 Å². The molecule has 0 heterocycles. The highest BCUT2D eigenvalue weighted by atomic mass is 79.9. The largest absolute Gasteiger partial charge is 0.422 e. The second-order valence-corrected chi connectivity index (χ2v) is 10.6. The van der Waals surface area contributed by atoms with E-state index in [-0.39, 0.29) is 5.91 Å². The van der Waals surface area contributed by atoms with Crippen molar-refractivity contribution in [1.82, 2.24) is 5.43 Å². The fourth-order valence-corrected chi connectivity index (χ4v) is 4.56. The molecule has 0 aromatic heterocycles. The van der Waals surface area contributed by atoms with Crippen molar-refractivity contribution in [2.45, 2.75) is 104 Å². The van der Waals surface area contributed by atoms with E-state index in [1.807, 2.05) is 19.1 Å². The number of hydrogen-bond donors (Lipinski definition) is 1. The van der Waals surface area contributed by atoms with E-state index in [1.54, 1.807) is 30.3 Å². The molecule has 0 fully saturated rings. The number of hydrogen-bond acceptors (Lipinski definition) is 4. The van der Waals surface area contributed by atoms with Crippen LogP contribution in [0.2, 0.25) is 0 Å². The highest BCUT2D eigenvalue weighted by Gasteiger charge is 2.12. The average molecular weight is 572 g/mol. The molecule has 0 radical (unpaired) electrons. The van der Waals surface area contributed by atoms with Gasteiger partial charge in [-0.15, -0.1) is 0 Å². The van der Waals surface area contributed by atoms with Crippen molar-refractivity contribution >= 4 is 34.0 Å². The fraction of sp³-hybridized carbons (Fsp3) is 0.516. The van der Waals surface area contributed by atoms with Gasteiger partial charge in [0.1, 0.15) is 5.75 Å². The lowest BCUT2D eigenvalue weighted by Gasteiger charge is -2.08. The van der Waals surface area contributed by atoms with E-state index in [1.165, 1.54) is 76.8 Å². The highest BCUT2D eigenvalue weighted by Crippen LogP contribution is 2.23. The maximum Gasteiger partial charge on any atom is 0.343 e. The smallest absolute Gasteiger partial charge is 0.343 e. The number of unbranched alkanes of at least 4 members (excludes halogenated alkanes) is 12. The number of carbonyl (C=O) groups excluding carboxylic acids is 2. The topological polar surface area (TPSA) is 67.8 Å². The van der Waals surface area contributed by atoms with Crippen LogP contribution in [-0.4, -0.2) is 18.1 Å². The molecule has 2 aromatic rings. The molecule has 6 heteroatoms. The van der Waals surface area contributed by atoms with Gasteiger partial charge in [0.25, 0.3) is 0 Å². The Balaban J connectivity index is 1.63. The number of benzene rings is 2. The molecule has 5 nitrogen and oxygen atoms in total. The van der Waals surface area contributed by atoms with Crippen LogP contribution in [0.5, 0.6) is 5.75 Å². The Morgan fingerprint density at radius 2 is 1.49 bits per heavy atom. The minimum absolute atomic E-state index is 0.104. The molecule has 2 aromatic carbocycles. The summed E-state index contributed by atoms with van der Waals surface area (Å²) in [5, 5.41) is 4.08. The molecule has 0 saturated heterocycles. The summed E-state index contributed by atoms with van der Waals surface area (Å²) in [6.45, 7) is 4.19. The first-order chi connectivity index (χ1) is 18.0. The van der Waals surface area contributed by atoms with Gasteiger partial charge in [0, 0.05) is 16.5 Å². The molecule has 1 amide bonds. The highest BCUT2D eigenvalue weighted by molar-refractivity contribution is 9.10. The monoisotopic (exact) mass is 570 g/mol. The Labute approximate surface area is 231 Å². The zero-order chi connectivity index (χ0) is 26.7. The van der Waals surface area contributed by atoms with E-state index in [9.17, 15) is 9.59 Å². The summed E-state index contributed by atoms with van der Waals surface area (Å²) in [6, 6.07) is 12.5. The number of esters is 1. The maximum atomic E-state index is 12.5. The van der Waals surface area contributed by atoms with E-state index < -0.39 is 5.97 Å². The summed E-state index contributed by atoms with van der Waals surface area (Å²) in [7, 11) is 0. The number of halogens is 1. The van der Waals surface area contributed by atoms with Gasteiger partial charge in [-0.25, -0.2) is 10.2 Å². The number of hydrazone groups is 1. The van der Waals surface area contributed by atoms with Gasteiger partial charge in [-0.05, 0) is 43.7 Å². The third-order valence-corrected chi connectivity index (χ3v) is 6.82. The van der Waals surface area contributed by atoms with Crippen LogP contribution in [0.15, 0.2) is 52.0 Å². The van der Waals surface area contributed by atoms with Crippen molar-refractivity contribution in [1.29, 1.82) is 0 Å². The van der Waals surface area contributed by atoms with Crippen LogP contribution < -0.4 is 10.2 Å². The molecule has 0 atom stereocenters. The first-order valence-corrected chi connectivity index (χ1v) is 14.7. The SMILES string of the molecule is CCCCCCCCCCCCCCCC(=O)N/N=C/c1cc(Br)ccc1OC(=O)c1cccc(C)c1. The quantitative estimate of drug-likeness (QED) is 0.0639. The number of ether oxygens (including phenoxy) is 1. The van der Waals surface area contributed by atoms with Crippen molar-refractivity contribution in [3.8, 4) is 5.75 Å². The summed E-state index contributed by atoms with van der Waals surface area (Å²) >= 11 is 3.43. The lowest BCUT2D eigenvalue weighted by atomic mass is 10.0. The number of amides is 1. The van der Waals surface area contributed by atoms with Crippen LogP contribution in [0.3, 0.4) is 0 Å². The number of aryl methyl sites for hydroxylation is 1. The summed E-state index contributed by atoms with van der Waals surface area (Å²) < 4.78 is 6.41. The number of nitrogens with one attached hydrogen (secondary N) is 1. The van der Waals surface area contributed by atoms with E-state index in [2.05, 4.69) is 33.4 Å². The van der Waals surface area contributed by atoms with E-state index in [4.69, 9.17) is 4.74 Å². The molecule has 0 aliphatic heterocycles. The van der Waals surface area contributed by atoms with Crippen LogP contribution in [0.4, 0.5) is 0 Å². The summed E-state index contributed by atoms with van der Waals surface area (Å²) in [5.74, 6) is -0.163. The summed E-state index contributed by atoms with van der Waals surface area (Å²) in [4.78, 5) is 24.7. The number of rotatable bonds is 18. The zero-order valence-electron chi connectivity index (χ0n) is 22.6. The molecular formula is C31H43BrN2O3. The van der Waals surface area contributed by atoms with Gasteiger partial charge in [0.2, 0.25) is 5.91 Å². The summed E-state index contributed by atoms with van der Waals surface area (Å²) in [6.07, 6.45) is 18.6. The van der Waals surface area contributed by atoms with Crippen molar-refractivity contribution in [2.24, 2.45) is 5.10 Å². The minimum Gasteiger partial charge on any atom is -0.422 e. The minimum atomic E-state index is -0.438. The Hall–Kier alpha value is -2.47. The Morgan fingerprint density at radius 3 is 2.11 bits per heavy atom. The van der Waals surface area contributed by atoms with Crippen molar-refractivity contribution in [2.75, 3.05) is 0 Å². The standard InChI is InChI=1S/C31H43BrN2O3/c1-3-4-5-6-7-8-9-10-11-12-13-14-15-19-30(35)34-33-24-27-23-28(32)20-21-29(27)37-31(36)26-18-16-17-25(2)22-26/h16-18,20-24H,3-15,19H2,1-2H3,(H,34,35)/b33-24+. The molecule has 0 aliphatic rings. The lowest BCUT2D eigenvalue weighted by Crippen LogP contribution is -2.17. The van der Waals surface area contributed by atoms with E-state index in [0.717, 1.165) is 22.9 Å². The second-order valence-electron chi connectivity index (χ2n) is 9.73. The third kappa shape index (κ3) is 13.6. The first kappa shape index (κ1) is 30.8. The Bertz CT molecular complexity index is 990. The van der Waals surface area contributed by atoms with E-state index >= 15 is 0 Å². The molecule has 37 heavy (non-hydrogen) atoms. The van der Waals surface area contributed by atoms with Crippen molar-refractivity contribution in [3.05, 3.63) is 63.6 Å². The maximum absolute atomic E-state index is 12.5. The van der Waals surface area contributed by atoms with Crippen molar-refractivity contribution in [3.63, 3.8) is 0 Å². The van der Waals surface area contributed by atoms with E-state index in [0.29, 0.717) is 23.3 Å². The van der Waals surface area contributed by atoms with Gasteiger partial charge in [-0.2, -0.15) is 5.10 Å².